The third-order valence-corrected chi connectivity index (χ3v) is 6.00. The third-order valence-electron chi connectivity index (χ3n) is 6.00. The largest absolute Gasteiger partial charge is 0.461 e. The Morgan fingerprint density at radius 1 is 1.15 bits per heavy atom. The van der Waals surface area contributed by atoms with E-state index in [9.17, 15) is 14.4 Å². The Labute approximate surface area is 158 Å². The molecule has 0 bridgehead atoms. The number of esters is 2. The fourth-order valence-corrected chi connectivity index (χ4v) is 4.69. The van der Waals surface area contributed by atoms with Crippen molar-refractivity contribution in [1.29, 1.82) is 0 Å². The van der Waals surface area contributed by atoms with Crippen LogP contribution >= 0.6 is 0 Å². The predicted molar refractivity (Wildman–Crippen MR) is 97.8 cm³/mol. The Bertz CT molecular complexity index is 879. The highest BCUT2D eigenvalue weighted by Crippen LogP contribution is 2.48. The molecule has 140 valence electrons. The van der Waals surface area contributed by atoms with Gasteiger partial charge in [-0.15, -0.1) is 0 Å². The van der Waals surface area contributed by atoms with Gasteiger partial charge in [0.2, 0.25) is 0 Å². The number of allylic oxidation sites excluding steroid dienone is 1. The van der Waals surface area contributed by atoms with E-state index in [2.05, 4.69) is 0 Å². The molecule has 3 aliphatic rings. The summed E-state index contributed by atoms with van der Waals surface area (Å²) in [6.07, 6.45) is 1.08. The van der Waals surface area contributed by atoms with Crippen molar-refractivity contribution in [2.45, 2.75) is 39.4 Å². The fourth-order valence-electron chi connectivity index (χ4n) is 4.69. The molecule has 1 aromatic carbocycles. The smallest absolute Gasteiger partial charge is 0.338 e. The SMILES string of the molecule is CC1=CC(=O)C2=C(C)C[C@H](OC(=O)c3ccccc3)[C@@H]3[C@H](OC(=O)[C@H]3C)[C@@H]12. The maximum Gasteiger partial charge on any atom is 0.338 e. The van der Waals surface area contributed by atoms with E-state index < -0.39 is 18.2 Å². The number of rotatable bonds is 2. The first-order valence-corrected chi connectivity index (χ1v) is 9.27. The molecule has 1 heterocycles. The van der Waals surface area contributed by atoms with Gasteiger partial charge in [0.1, 0.15) is 12.2 Å². The van der Waals surface area contributed by atoms with Crippen molar-refractivity contribution in [2.75, 3.05) is 0 Å². The highest BCUT2D eigenvalue weighted by atomic mass is 16.6. The molecular weight excluding hydrogens is 344 g/mol. The van der Waals surface area contributed by atoms with Crippen LogP contribution in [0.4, 0.5) is 0 Å². The summed E-state index contributed by atoms with van der Waals surface area (Å²) in [6, 6.07) is 8.80. The number of carbonyl (C=O) groups excluding carboxylic acids is 3. The first kappa shape index (κ1) is 17.7. The van der Waals surface area contributed by atoms with Crippen LogP contribution in [0.3, 0.4) is 0 Å². The summed E-state index contributed by atoms with van der Waals surface area (Å²) < 4.78 is 11.6. The average Bonchev–Trinajstić information content (AvgIpc) is 3.05. The van der Waals surface area contributed by atoms with Gasteiger partial charge in [-0.05, 0) is 32.1 Å². The second kappa shape index (κ2) is 6.48. The van der Waals surface area contributed by atoms with Gasteiger partial charge in [0, 0.05) is 23.8 Å². The van der Waals surface area contributed by atoms with E-state index in [0.29, 0.717) is 17.6 Å². The quantitative estimate of drug-likeness (QED) is 0.752. The lowest BCUT2D eigenvalue weighted by Crippen LogP contribution is -2.38. The predicted octanol–water partition coefficient (Wildman–Crippen LogP) is 3.26. The van der Waals surface area contributed by atoms with Crippen LogP contribution in [0.25, 0.3) is 0 Å². The van der Waals surface area contributed by atoms with Gasteiger partial charge in [-0.3, -0.25) is 9.59 Å². The highest BCUT2D eigenvalue weighted by molar-refractivity contribution is 6.09. The Morgan fingerprint density at radius 3 is 2.56 bits per heavy atom. The van der Waals surface area contributed by atoms with E-state index in [1.807, 2.05) is 26.8 Å². The minimum atomic E-state index is -0.511. The first-order chi connectivity index (χ1) is 12.9. The van der Waals surface area contributed by atoms with E-state index in [1.165, 1.54) is 0 Å². The molecule has 1 aliphatic heterocycles. The highest BCUT2D eigenvalue weighted by Gasteiger charge is 2.55. The monoisotopic (exact) mass is 366 g/mol. The lowest BCUT2D eigenvalue weighted by atomic mass is 9.79. The molecule has 1 saturated heterocycles. The molecule has 0 spiro atoms. The number of ketones is 1. The lowest BCUT2D eigenvalue weighted by Gasteiger charge is -2.29. The van der Waals surface area contributed by atoms with Gasteiger partial charge in [-0.1, -0.05) is 36.3 Å². The van der Waals surface area contributed by atoms with Gasteiger partial charge < -0.3 is 9.47 Å². The lowest BCUT2D eigenvalue weighted by molar-refractivity contribution is -0.144. The molecule has 0 amide bonds. The van der Waals surface area contributed by atoms with Crippen LogP contribution < -0.4 is 0 Å². The van der Waals surface area contributed by atoms with Crippen LogP contribution in [0.15, 0.2) is 53.1 Å². The molecule has 5 heteroatoms. The van der Waals surface area contributed by atoms with E-state index in [4.69, 9.17) is 9.47 Å². The molecule has 0 saturated carbocycles. The maximum atomic E-state index is 12.6. The Morgan fingerprint density at radius 2 is 1.85 bits per heavy atom. The van der Waals surface area contributed by atoms with Gasteiger partial charge in [0.15, 0.2) is 5.78 Å². The van der Waals surface area contributed by atoms with Crippen molar-refractivity contribution in [3.05, 3.63) is 58.7 Å². The van der Waals surface area contributed by atoms with Crippen LogP contribution in [0.5, 0.6) is 0 Å². The van der Waals surface area contributed by atoms with E-state index in [-0.39, 0.29) is 29.5 Å². The van der Waals surface area contributed by atoms with Crippen molar-refractivity contribution in [3.8, 4) is 0 Å². The van der Waals surface area contributed by atoms with Crippen LogP contribution in [0.2, 0.25) is 0 Å². The van der Waals surface area contributed by atoms with Gasteiger partial charge in [0.05, 0.1) is 11.5 Å². The minimum absolute atomic E-state index is 0.0283. The summed E-state index contributed by atoms with van der Waals surface area (Å²) in [7, 11) is 0. The van der Waals surface area contributed by atoms with Crippen LogP contribution in [0, 0.1) is 17.8 Å². The molecular formula is C22H22O5. The number of hydrogen-bond acceptors (Lipinski definition) is 5. The van der Waals surface area contributed by atoms with Crippen LogP contribution in [-0.4, -0.2) is 29.9 Å². The van der Waals surface area contributed by atoms with Crippen molar-refractivity contribution < 1.29 is 23.9 Å². The molecule has 2 aliphatic carbocycles. The zero-order valence-electron chi connectivity index (χ0n) is 15.6. The Hall–Kier alpha value is -2.69. The number of hydrogen-bond donors (Lipinski definition) is 0. The second-order valence-corrected chi connectivity index (χ2v) is 7.71. The fraction of sp³-hybridized carbons (Fsp3) is 0.409. The zero-order valence-corrected chi connectivity index (χ0v) is 15.6. The molecule has 1 fully saturated rings. The molecule has 5 atom stereocenters. The topological polar surface area (TPSA) is 69.7 Å². The van der Waals surface area contributed by atoms with E-state index in [0.717, 1.165) is 11.1 Å². The van der Waals surface area contributed by atoms with Crippen LogP contribution in [0.1, 0.15) is 37.6 Å². The molecule has 0 radical (unpaired) electrons. The summed E-state index contributed by atoms with van der Waals surface area (Å²) in [5.74, 6) is -1.65. The third kappa shape index (κ3) is 2.82. The molecule has 0 unspecified atom stereocenters. The molecule has 4 rings (SSSR count). The molecule has 27 heavy (non-hydrogen) atoms. The Kier molecular flexibility index (Phi) is 4.25. The summed E-state index contributed by atoms with van der Waals surface area (Å²) >= 11 is 0. The van der Waals surface area contributed by atoms with Gasteiger partial charge in [-0.25, -0.2) is 4.79 Å². The minimum Gasteiger partial charge on any atom is -0.461 e. The van der Waals surface area contributed by atoms with E-state index in [1.54, 1.807) is 30.3 Å². The van der Waals surface area contributed by atoms with Crippen molar-refractivity contribution >= 4 is 17.7 Å². The van der Waals surface area contributed by atoms with Gasteiger partial charge >= 0.3 is 11.9 Å². The first-order valence-electron chi connectivity index (χ1n) is 9.27. The van der Waals surface area contributed by atoms with E-state index >= 15 is 0 Å². The summed E-state index contributed by atoms with van der Waals surface area (Å²) in [5, 5.41) is 0. The normalized spacial score (nSPS) is 32.4. The van der Waals surface area contributed by atoms with Gasteiger partial charge in [-0.2, -0.15) is 0 Å². The molecule has 0 N–H and O–H groups in total. The van der Waals surface area contributed by atoms with Crippen LogP contribution in [-0.2, 0) is 19.1 Å². The van der Waals surface area contributed by atoms with Crippen molar-refractivity contribution in [3.63, 3.8) is 0 Å². The second-order valence-electron chi connectivity index (χ2n) is 7.71. The summed E-state index contributed by atoms with van der Waals surface area (Å²) in [5.41, 5.74) is 2.97. The summed E-state index contributed by atoms with van der Waals surface area (Å²) in [6.45, 7) is 5.61. The molecule has 5 nitrogen and oxygen atoms in total. The number of carbonyl (C=O) groups is 3. The average molecular weight is 366 g/mol. The number of fused-ring (bicyclic) bond motifs is 3. The number of ether oxygens (including phenoxy) is 2. The standard InChI is InChI=1S/C22H22O5/c1-11-9-15(23)17-12(2)10-16(26-22(25)14-7-5-4-6-8-14)19-13(3)21(24)27-20(19)18(11)17/h4-9,13,16,18-20H,10H2,1-3H3/t13-,16-,18-,19+,20+/m0/s1. The molecule has 1 aromatic rings. The molecule has 0 aromatic heterocycles. The number of benzene rings is 1. The van der Waals surface area contributed by atoms with Crippen molar-refractivity contribution in [2.24, 2.45) is 17.8 Å². The maximum absolute atomic E-state index is 12.6. The zero-order chi connectivity index (χ0) is 19.3. The Balaban J connectivity index is 1.71. The summed E-state index contributed by atoms with van der Waals surface area (Å²) in [4.78, 5) is 37.5. The van der Waals surface area contributed by atoms with Gasteiger partial charge in [0.25, 0.3) is 0 Å². The van der Waals surface area contributed by atoms with Crippen molar-refractivity contribution in [1.82, 2.24) is 0 Å².